The van der Waals surface area contributed by atoms with E-state index in [1.165, 1.54) is 10.7 Å². The molecule has 0 radical (unpaired) electrons. The van der Waals surface area contributed by atoms with Crippen molar-refractivity contribution in [3.05, 3.63) is 28.8 Å². The minimum atomic E-state index is -3.51. The molecule has 0 bridgehead atoms. The predicted molar refractivity (Wildman–Crippen MR) is 105 cm³/mol. The van der Waals surface area contributed by atoms with E-state index in [2.05, 4.69) is 0 Å². The Hall–Kier alpha value is -0.950. The van der Waals surface area contributed by atoms with E-state index in [1.54, 1.807) is 18.2 Å². The first-order valence-corrected chi connectivity index (χ1v) is 11.7. The van der Waals surface area contributed by atoms with Gasteiger partial charge in [0.2, 0.25) is 10.0 Å². The first kappa shape index (κ1) is 20.8. The Morgan fingerprint density at radius 2 is 1.74 bits per heavy atom. The summed E-state index contributed by atoms with van der Waals surface area (Å²) >= 11 is 6.22. The molecule has 0 unspecified atom stereocenters. The van der Waals surface area contributed by atoms with Gasteiger partial charge >= 0.3 is 0 Å². The number of ketones is 1. The van der Waals surface area contributed by atoms with E-state index in [0.717, 1.165) is 44.9 Å². The van der Waals surface area contributed by atoms with Crippen molar-refractivity contribution in [3.8, 4) is 0 Å². The number of ether oxygens (including phenoxy) is 1. The molecule has 3 rings (SSSR count). The van der Waals surface area contributed by atoms with E-state index in [4.69, 9.17) is 16.3 Å². The first-order chi connectivity index (χ1) is 13.0. The van der Waals surface area contributed by atoms with Crippen LogP contribution < -0.4 is 0 Å². The van der Waals surface area contributed by atoms with Gasteiger partial charge in [0.15, 0.2) is 5.78 Å². The molecular weight excluding hydrogens is 386 g/mol. The molecule has 2 aliphatic rings. The van der Waals surface area contributed by atoms with E-state index in [-0.39, 0.29) is 29.8 Å². The minimum absolute atomic E-state index is 0.0596. The number of benzene rings is 1. The number of Topliss-reactive ketones (excluding diaryl/α,β-unsaturated/α-hetero) is 1. The number of hydrogen-bond donors (Lipinski definition) is 0. The van der Waals surface area contributed by atoms with Crippen molar-refractivity contribution < 1.29 is 17.9 Å². The van der Waals surface area contributed by atoms with Crippen LogP contribution in [0.25, 0.3) is 0 Å². The highest BCUT2D eigenvalue weighted by Crippen LogP contribution is 2.27. The van der Waals surface area contributed by atoms with Gasteiger partial charge < -0.3 is 4.74 Å². The largest absolute Gasteiger partial charge is 0.369 e. The maximum atomic E-state index is 12.8. The molecule has 1 aliphatic carbocycles. The number of nitrogens with zero attached hydrogens (tertiary/aromatic N) is 1. The van der Waals surface area contributed by atoms with Crippen LogP contribution in [0.1, 0.15) is 56.9 Å². The maximum Gasteiger partial charge on any atom is 0.243 e. The third-order valence-corrected chi connectivity index (χ3v) is 7.80. The van der Waals surface area contributed by atoms with Crippen molar-refractivity contribution in [2.24, 2.45) is 5.92 Å². The van der Waals surface area contributed by atoms with Crippen LogP contribution in [-0.2, 0) is 26.2 Å². The van der Waals surface area contributed by atoms with Crippen molar-refractivity contribution in [2.45, 2.75) is 62.9 Å². The van der Waals surface area contributed by atoms with E-state index < -0.39 is 10.0 Å². The van der Waals surface area contributed by atoms with Gasteiger partial charge in [-0.15, -0.1) is 0 Å². The molecule has 0 atom stereocenters. The lowest BCUT2D eigenvalue weighted by atomic mass is 9.86. The van der Waals surface area contributed by atoms with Gasteiger partial charge in [0, 0.05) is 24.0 Å². The van der Waals surface area contributed by atoms with Crippen LogP contribution in [0.3, 0.4) is 0 Å². The molecule has 1 aromatic carbocycles. The van der Waals surface area contributed by atoms with Gasteiger partial charge in [-0.2, -0.15) is 4.31 Å². The minimum Gasteiger partial charge on any atom is -0.369 e. The standard InChI is InChI=1S/C20H28ClNO4S/c21-19-10-9-18(27(24,25)22-11-5-2-6-12-22)13-17(19)14-26-15-20(23)16-7-3-1-4-8-16/h9-10,13,16H,1-8,11-12,14-15H2. The summed E-state index contributed by atoms with van der Waals surface area (Å²) in [5, 5.41) is 0.456. The average molecular weight is 414 g/mol. The fourth-order valence-electron chi connectivity index (χ4n) is 3.88. The molecule has 1 aromatic rings. The second kappa shape index (κ2) is 9.50. The van der Waals surface area contributed by atoms with Gasteiger partial charge in [0.05, 0.1) is 11.5 Å². The molecule has 0 amide bonds. The number of halogens is 1. The van der Waals surface area contributed by atoms with Crippen molar-refractivity contribution in [3.63, 3.8) is 0 Å². The van der Waals surface area contributed by atoms with Gasteiger partial charge in [-0.05, 0) is 49.4 Å². The number of hydrogen-bond acceptors (Lipinski definition) is 4. The Balaban J connectivity index is 1.62. The number of rotatable bonds is 7. The van der Waals surface area contributed by atoms with E-state index >= 15 is 0 Å². The molecule has 1 heterocycles. The fourth-order valence-corrected chi connectivity index (χ4v) is 5.62. The Morgan fingerprint density at radius 3 is 2.44 bits per heavy atom. The third-order valence-electron chi connectivity index (χ3n) is 5.53. The summed E-state index contributed by atoms with van der Waals surface area (Å²) in [4.78, 5) is 12.5. The van der Waals surface area contributed by atoms with Crippen LogP contribution in [0.2, 0.25) is 5.02 Å². The zero-order chi connectivity index (χ0) is 19.3. The Kier molecular flexibility index (Phi) is 7.31. The van der Waals surface area contributed by atoms with Crippen molar-refractivity contribution in [1.29, 1.82) is 0 Å². The van der Waals surface area contributed by atoms with E-state index in [9.17, 15) is 13.2 Å². The molecule has 7 heteroatoms. The molecule has 1 saturated heterocycles. The smallest absolute Gasteiger partial charge is 0.243 e. The lowest BCUT2D eigenvalue weighted by Gasteiger charge is -2.26. The van der Waals surface area contributed by atoms with Crippen LogP contribution in [0.4, 0.5) is 0 Å². The molecule has 0 spiro atoms. The van der Waals surface area contributed by atoms with Gasteiger partial charge in [0.25, 0.3) is 0 Å². The van der Waals surface area contributed by atoms with E-state index in [0.29, 0.717) is 23.7 Å². The quantitative estimate of drug-likeness (QED) is 0.672. The summed E-state index contributed by atoms with van der Waals surface area (Å²) in [6.45, 7) is 1.32. The number of sulfonamides is 1. The van der Waals surface area contributed by atoms with Gasteiger partial charge in [-0.25, -0.2) is 8.42 Å². The van der Waals surface area contributed by atoms with Crippen LogP contribution in [0, 0.1) is 5.92 Å². The molecule has 0 aromatic heterocycles. The van der Waals surface area contributed by atoms with Crippen molar-refractivity contribution in [1.82, 2.24) is 4.31 Å². The summed E-state index contributed by atoms with van der Waals surface area (Å²) in [5.41, 5.74) is 0.603. The molecule has 1 saturated carbocycles. The van der Waals surface area contributed by atoms with Crippen molar-refractivity contribution >= 4 is 27.4 Å². The normalized spacial score (nSPS) is 19.9. The molecule has 150 valence electrons. The second-order valence-electron chi connectivity index (χ2n) is 7.51. The lowest BCUT2D eigenvalue weighted by molar-refractivity contribution is -0.128. The molecule has 2 fully saturated rings. The molecule has 5 nitrogen and oxygen atoms in total. The monoisotopic (exact) mass is 413 g/mol. The predicted octanol–water partition coefficient (Wildman–Crippen LogP) is 4.18. The van der Waals surface area contributed by atoms with Crippen LogP contribution in [-0.4, -0.2) is 38.2 Å². The Labute approximate surface area is 167 Å². The van der Waals surface area contributed by atoms with Gasteiger partial charge in [0.1, 0.15) is 6.61 Å². The zero-order valence-electron chi connectivity index (χ0n) is 15.7. The maximum absolute atomic E-state index is 12.8. The molecule has 1 aliphatic heterocycles. The summed E-state index contributed by atoms with van der Waals surface area (Å²) in [5.74, 6) is 0.253. The fraction of sp³-hybridized carbons (Fsp3) is 0.650. The van der Waals surface area contributed by atoms with E-state index in [1.807, 2.05) is 0 Å². The molecule has 0 N–H and O–H groups in total. The summed E-state index contributed by atoms with van der Waals surface area (Å²) in [6.07, 6.45) is 8.19. The number of carbonyl (C=O) groups excluding carboxylic acids is 1. The Bertz CT molecular complexity index is 753. The molecular formula is C20H28ClNO4S. The first-order valence-electron chi connectivity index (χ1n) is 9.87. The number of piperidine rings is 1. The summed E-state index contributed by atoms with van der Waals surface area (Å²) < 4.78 is 32.8. The lowest BCUT2D eigenvalue weighted by Crippen LogP contribution is -2.35. The topological polar surface area (TPSA) is 63.7 Å². The second-order valence-corrected chi connectivity index (χ2v) is 9.86. The average Bonchev–Trinajstić information content (AvgIpc) is 2.70. The van der Waals surface area contributed by atoms with Crippen molar-refractivity contribution in [2.75, 3.05) is 19.7 Å². The highest BCUT2D eigenvalue weighted by molar-refractivity contribution is 7.89. The Morgan fingerprint density at radius 1 is 1.07 bits per heavy atom. The summed E-state index contributed by atoms with van der Waals surface area (Å²) in [6, 6.07) is 4.72. The zero-order valence-corrected chi connectivity index (χ0v) is 17.2. The third kappa shape index (κ3) is 5.31. The highest BCUT2D eigenvalue weighted by atomic mass is 35.5. The van der Waals surface area contributed by atoms with Gasteiger partial charge in [-0.1, -0.05) is 37.3 Å². The van der Waals surface area contributed by atoms with Crippen LogP contribution in [0.5, 0.6) is 0 Å². The van der Waals surface area contributed by atoms with Crippen LogP contribution in [0.15, 0.2) is 23.1 Å². The number of carbonyl (C=O) groups is 1. The summed E-state index contributed by atoms with van der Waals surface area (Å²) in [7, 11) is -3.51. The molecule has 27 heavy (non-hydrogen) atoms. The SMILES string of the molecule is O=C(COCc1cc(S(=O)(=O)N2CCCCC2)ccc1Cl)C1CCCCC1. The highest BCUT2D eigenvalue weighted by Gasteiger charge is 2.26. The van der Waals surface area contributed by atoms with Gasteiger partial charge in [-0.3, -0.25) is 4.79 Å². The van der Waals surface area contributed by atoms with Crippen LogP contribution >= 0.6 is 11.6 Å².